The Balaban J connectivity index is 3.10. The van der Waals surface area contributed by atoms with Crippen LogP contribution in [-0.2, 0) is 0 Å². The van der Waals surface area contributed by atoms with E-state index in [0.717, 1.165) is 23.4 Å². The van der Waals surface area contributed by atoms with E-state index in [1.807, 2.05) is 14.1 Å². The number of hydrogen-bond acceptors (Lipinski definition) is 3. The number of aryl methyl sites for hydroxylation is 2. The molecule has 0 radical (unpaired) electrons. The van der Waals surface area contributed by atoms with Gasteiger partial charge in [-0.15, -0.1) is 0 Å². The normalized spacial score (nSPS) is 12.9. The van der Waals surface area contributed by atoms with Crippen LogP contribution in [-0.4, -0.2) is 32.6 Å². The summed E-state index contributed by atoms with van der Waals surface area (Å²) >= 11 is 0. The predicted octanol–water partition coefficient (Wildman–Crippen LogP) is 1.87. The molecule has 0 amide bonds. The molecule has 0 fully saturated rings. The number of nitrogens with zero attached hydrogens (tertiary/aromatic N) is 1. The van der Waals surface area contributed by atoms with Crippen LogP contribution < -0.4 is 10.5 Å². The molecule has 1 unspecified atom stereocenters. The largest absolute Gasteiger partial charge is 0.496 e. The minimum atomic E-state index is -0.0106. The van der Waals surface area contributed by atoms with E-state index in [-0.39, 0.29) is 6.04 Å². The van der Waals surface area contributed by atoms with Crippen LogP contribution in [0.15, 0.2) is 12.1 Å². The molecule has 90 valence electrons. The number of nitrogens with two attached hydrogens (primary N) is 1. The van der Waals surface area contributed by atoms with Gasteiger partial charge < -0.3 is 15.4 Å². The molecular weight excluding hydrogens is 200 g/mol. The van der Waals surface area contributed by atoms with E-state index >= 15 is 0 Å². The molecule has 0 aliphatic heterocycles. The first-order valence-corrected chi connectivity index (χ1v) is 5.51. The van der Waals surface area contributed by atoms with E-state index in [2.05, 4.69) is 30.9 Å². The molecule has 2 N–H and O–H groups in total. The molecule has 3 heteroatoms. The van der Waals surface area contributed by atoms with Gasteiger partial charge in [0.1, 0.15) is 5.75 Å². The van der Waals surface area contributed by atoms with Gasteiger partial charge in [-0.2, -0.15) is 0 Å². The van der Waals surface area contributed by atoms with Crippen LogP contribution in [0.3, 0.4) is 0 Å². The van der Waals surface area contributed by atoms with E-state index in [0.29, 0.717) is 0 Å². The molecule has 0 aliphatic rings. The lowest BCUT2D eigenvalue weighted by atomic mass is 10.00. The van der Waals surface area contributed by atoms with Crippen molar-refractivity contribution in [3.8, 4) is 5.75 Å². The van der Waals surface area contributed by atoms with Crippen LogP contribution >= 0.6 is 0 Å². The zero-order chi connectivity index (χ0) is 12.3. The summed E-state index contributed by atoms with van der Waals surface area (Å²) in [5.41, 5.74) is 9.65. The summed E-state index contributed by atoms with van der Waals surface area (Å²) in [6, 6.07) is 4.22. The third-order valence-corrected chi connectivity index (χ3v) is 2.61. The van der Waals surface area contributed by atoms with E-state index in [1.54, 1.807) is 7.11 Å². The second-order valence-corrected chi connectivity index (χ2v) is 4.57. The molecule has 3 nitrogen and oxygen atoms in total. The van der Waals surface area contributed by atoms with Crippen molar-refractivity contribution in [2.24, 2.45) is 5.73 Å². The maximum Gasteiger partial charge on any atom is 0.126 e. The average Bonchev–Trinajstić information content (AvgIpc) is 2.15. The number of ether oxygens (including phenoxy) is 1. The highest BCUT2D eigenvalue weighted by atomic mass is 16.5. The molecule has 0 saturated heterocycles. The van der Waals surface area contributed by atoms with Crippen molar-refractivity contribution in [1.82, 2.24) is 4.90 Å². The first kappa shape index (κ1) is 13.0. The zero-order valence-corrected chi connectivity index (χ0v) is 10.9. The molecule has 0 aliphatic carbocycles. The first-order valence-electron chi connectivity index (χ1n) is 5.51. The van der Waals surface area contributed by atoms with E-state index < -0.39 is 0 Å². The van der Waals surface area contributed by atoms with Gasteiger partial charge in [0.25, 0.3) is 0 Å². The molecule has 1 rings (SSSR count). The number of methoxy groups -OCH3 is 1. The van der Waals surface area contributed by atoms with Gasteiger partial charge in [0.05, 0.1) is 7.11 Å². The third-order valence-electron chi connectivity index (χ3n) is 2.61. The first-order chi connectivity index (χ1) is 7.45. The lowest BCUT2D eigenvalue weighted by Crippen LogP contribution is -2.26. The van der Waals surface area contributed by atoms with Gasteiger partial charge in [-0.1, -0.05) is 17.7 Å². The van der Waals surface area contributed by atoms with Crippen LogP contribution in [0.1, 0.15) is 22.7 Å². The van der Waals surface area contributed by atoms with Crippen molar-refractivity contribution in [2.45, 2.75) is 19.9 Å². The second kappa shape index (κ2) is 5.32. The van der Waals surface area contributed by atoms with Crippen LogP contribution in [0.4, 0.5) is 0 Å². The Labute approximate surface area is 98.2 Å². The number of benzene rings is 1. The second-order valence-electron chi connectivity index (χ2n) is 4.57. The van der Waals surface area contributed by atoms with Gasteiger partial charge in [0.15, 0.2) is 0 Å². The summed E-state index contributed by atoms with van der Waals surface area (Å²) in [5.74, 6) is 0.917. The molecule has 0 spiro atoms. The maximum atomic E-state index is 6.19. The molecule has 1 aromatic rings. The van der Waals surface area contributed by atoms with Gasteiger partial charge in [-0.05, 0) is 33.5 Å². The van der Waals surface area contributed by atoms with Crippen molar-refractivity contribution in [1.29, 1.82) is 0 Å². The van der Waals surface area contributed by atoms with E-state index in [4.69, 9.17) is 10.5 Å². The summed E-state index contributed by atoms with van der Waals surface area (Å²) in [7, 11) is 5.74. The SMILES string of the molecule is COc1c(C)cc(C)cc1C(N)CN(C)C. The predicted molar refractivity (Wildman–Crippen MR) is 68.0 cm³/mol. The van der Waals surface area contributed by atoms with Crippen LogP contribution in [0.5, 0.6) is 5.75 Å². The topological polar surface area (TPSA) is 38.5 Å². The summed E-state index contributed by atoms with van der Waals surface area (Å²) in [5, 5.41) is 0. The molecule has 0 heterocycles. The maximum absolute atomic E-state index is 6.19. The van der Waals surface area contributed by atoms with Crippen molar-refractivity contribution in [3.05, 3.63) is 28.8 Å². The van der Waals surface area contributed by atoms with Crippen molar-refractivity contribution in [2.75, 3.05) is 27.7 Å². The smallest absolute Gasteiger partial charge is 0.126 e. The van der Waals surface area contributed by atoms with Crippen LogP contribution in [0.25, 0.3) is 0 Å². The van der Waals surface area contributed by atoms with Gasteiger partial charge >= 0.3 is 0 Å². The fraction of sp³-hybridized carbons (Fsp3) is 0.538. The van der Waals surface area contributed by atoms with Gasteiger partial charge in [-0.25, -0.2) is 0 Å². The van der Waals surface area contributed by atoms with Crippen molar-refractivity contribution < 1.29 is 4.74 Å². The molecule has 0 aromatic heterocycles. The Bertz CT molecular complexity index is 361. The van der Waals surface area contributed by atoms with Crippen molar-refractivity contribution >= 4 is 0 Å². The molecule has 0 saturated carbocycles. The molecule has 0 bridgehead atoms. The monoisotopic (exact) mass is 222 g/mol. The number of hydrogen-bond donors (Lipinski definition) is 1. The summed E-state index contributed by atoms with van der Waals surface area (Å²) in [4.78, 5) is 2.09. The lowest BCUT2D eigenvalue weighted by molar-refractivity contribution is 0.361. The van der Waals surface area contributed by atoms with Gasteiger partial charge in [-0.3, -0.25) is 0 Å². The van der Waals surface area contributed by atoms with Crippen molar-refractivity contribution in [3.63, 3.8) is 0 Å². The highest BCUT2D eigenvalue weighted by Crippen LogP contribution is 2.29. The fourth-order valence-corrected chi connectivity index (χ4v) is 2.03. The minimum Gasteiger partial charge on any atom is -0.496 e. The summed E-state index contributed by atoms with van der Waals surface area (Å²) in [6.07, 6.45) is 0. The van der Waals surface area contributed by atoms with Gasteiger partial charge in [0, 0.05) is 18.2 Å². The Morgan fingerprint density at radius 3 is 2.44 bits per heavy atom. The van der Waals surface area contributed by atoms with E-state index in [9.17, 15) is 0 Å². The minimum absolute atomic E-state index is 0.0106. The van der Waals surface area contributed by atoms with Crippen LogP contribution in [0, 0.1) is 13.8 Å². The number of likely N-dealkylation sites (N-methyl/N-ethyl adjacent to an activating group) is 1. The van der Waals surface area contributed by atoms with Crippen LogP contribution in [0.2, 0.25) is 0 Å². The quantitative estimate of drug-likeness (QED) is 0.845. The highest BCUT2D eigenvalue weighted by molar-refractivity contribution is 5.45. The molecule has 1 aromatic carbocycles. The van der Waals surface area contributed by atoms with Gasteiger partial charge in [0.2, 0.25) is 0 Å². The third kappa shape index (κ3) is 2.97. The molecule has 1 atom stereocenters. The Morgan fingerprint density at radius 2 is 1.94 bits per heavy atom. The molecule has 16 heavy (non-hydrogen) atoms. The summed E-state index contributed by atoms with van der Waals surface area (Å²) < 4.78 is 5.44. The fourth-order valence-electron chi connectivity index (χ4n) is 2.03. The van der Waals surface area contributed by atoms with E-state index in [1.165, 1.54) is 5.56 Å². The number of rotatable bonds is 4. The Kier molecular flexibility index (Phi) is 4.33. The highest BCUT2D eigenvalue weighted by Gasteiger charge is 2.15. The molecular formula is C13H22N2O. The lowest BCUT2D eigenvalue weighted by Gasteiger charge is -2.21. The standard InChI is InChI=1S/C13H22N2O/c1-9-6-10(2)13(16-5)11(7-9)12(14)8-15(3)4/h6-7,12H,8,14H2,1-5H3. The Hall–Kier alpha value is -1.06. The average molecular weight is 222 g/mol. The Morgan fingerprint density at radius 1 is 1.31 bits per heavy atom. The zero-order valence-electron chi connectivity index (χ0n) is 10.9. The summed E-state index contributed by atoms with van der Waals surface area (Å²) in [6.45, 7) is 4.95.